The molecule has 0 saturated heterocycles. The molecule has 0 aliphatic carbocycles. The number of carboxylic acids is 1. The first-order valence-electron chi connectivity index (χ1n) is 4.73. The summed E-state index contributed by atoms with van der Waals surface area (Å²) in [4.78, 5) is 11.8. The number of carbonyl (C=O) groups is 1. The van der Waals surface area contributed by atoms with Crippen LogP contribution >= 0.6 is 11.8 Å². The van der Waals surface area contributed by atoms with Crippen LogP contribution in [0, 0.1) is 0 Å². The maximum atomic E-state index is 10.5. The normalized spacial score (nSPS) is 14.0. The van der Waals surface area contributed by atoms with Crippen LogP contribution in [0.1, 0.15) is 17.5 Å². The van der Waals surface area contributed by atoms with Gasteiger partial charge >= 0.3 is 5.97 Å². The smallest absolute Gasteiger partial charge is 0.303 e. The number of carboxylic acid groups (broad SMARTS) is 1. The monoisotopic (exact) mass is 208 g/mol. The van der Waals surface area contributed by atoms with Crippen molar-refractivity contribution in [2.24, 2.45) is 0 Å². The zero-order valence-electron chi connectivity index (χ0n) is 7.82. The van der Waals surface area contributed by atoms with Gasteiger partial charge in [0, 0.05) is 17.1 Å². The second kappa shape index (κ2) is 4.05. The van der Waals surface area contributed by atoms with Crippen molar-refractivity contribution < 1.29 is 9.90 Å². The third-order valence-electron chi connectivity index (χ3n) is 2.40. The van der Waals surface area contributed by atoms with Crippen LogP contribution in [0.15, 0.2) is 23.1 Å². The predicted molar refractivity (Wildman–Crippen MR) is 56.8 cm³/mol. The Morgan fingerprint density at radius 1 is 1.50 bits per heavy atom. The summed E-state index contributed by atoms with van der Waals surface area (Å²) >= 11 is 1.85. The number of fused-ring (bicyclic) bond motifs is 1. The summed E-state index contributed by atoms with van der Waals surface area (Å²) < 4.78 is 0. The highest BCUT2D eigenvalue weighted by Gasteiger charge is 2.15. The molecule has 1 N–H and O–H groups in total. The van der Waals surface area contributed by atoms with E-state index in [1.807, 2.05) is 23.9 Å². The fourth-order valence-corrected chi connectivity index (χ4v) is 2.96. The van der Waals surface area contributed by atoms with Crippen LogP contribution in [-0.4, -0.2) is 16.8 Å². The second-order valence-electron chi connectivity index (χ2n) is 3.40. The molecule has 74 valence electrons. The Balaban J connectivity index is 2.17. The second-order valence-corrected chi connectivity index (χ2v) is 4.50. The van der Waals surface area contributed by atoms with Crippen molar-refractivity contribution in [1.82, 2.24) is 0 Å². The van der Waals surface area contributed by atoms with Crippen LogP contribution < -0.4 is 0 Å². The molecule has 2 nitrogen and oxygen atoms in total. The minimum Gasteiger partial charge on any atom is -0.481 e. The van der Waals surface area contributed by atoms with Gasteiger partial charge in [-0.3, -0.25) is 4.79 Å². The summed E-state index contributed by atoms with van der Waals surface area (Å²) in [6.07, 6.45) is 2.02. The van der Waals surface area contributed by atoms with Gasteiger partial charge in [0.05, 0.1) is 0 Å². The average molecular weight is 208 g/mol. The fraction of sp³-hybridized carbons (Fsp3) is 0.364. The van der Waals surface area contributed by atoms with Crippen LogP contribution in [-0.2, 0) is 17.6 Å². The van der Waals surface area contributed by atoms with E-state index in [2.05, 4.69) is 6.07 Å². The molecular formula is C11H12O2S. The van der Waals surface area contributed by atoms with Gasteiger partial charge in [0.15, 0.2) is 0 Å². The molecule has 0 unspecified atom stereocenters. The van der Waals surface area contributed by atoms with Crippen molar-refractivity contribution in [3.05, 3.63) is 29.3 Å². The molecule has 0 amide bonds. The minimum absolute atomic E-state index is 0.233. The van der Waals surface area contributed by atoms with E-state index in [9.17, 15) is 4.79 Å². The van der Waals surface area contributed by atoms with Crippen molar-refractivity contribution >= 4 is 17.7 Å². The Morgan fingerprint density at radius 2 is 2.36 bits per heavy atom. The average Bonchev–Trinajstić information content (AvgIpc) is 2.62. The van der Waals surface area contributed by atoms with Crippen molar-refractivity contribution in [2.75, 3.05) is 5.75 Å². The van der Waals surface area contributed by atoms with E-state index in [-0.39, 0.29) is 6.42 Å². The van der Waals surface area contributed by atoms with Gasteiger partial charge in [-0.15, -0.1) is 11.8 Å². The van der Waals surface area contributed by atoms with Gasteiger partial charge in [-0.1, -0.05) is 18.2 Å². The third kappa shape index (κ3) is 1.93. The molecule has 1 heterocycles. The lowest BCUT2D eigenvalue weighted by Gasteiger charge is -2.05. The molecular weight excluding hydrogens is 196 g/mol. The molecule has 1 aromatic carbocycles. The van der Waals surface area contributed by atoms with Gasteiger partial charge in [-0.25, -0.2) is 0 Å². The fourth-order valence-electron chi connectivity index (χ4n) is 1.72. The van der Waals surface area contributed by atoms with Gasteiger partial charge in [0.25, 0.3) is 0 Å². The predicted octanol–water partition coefficient (Wildman–Crippen LogP) is 2.35. The highest BCUT2D eigenvalue weighted by molar-refractivity contribution is 7.99. The molecule has 14 heavy (non-hydrogen) atoms. The molecule has 3 heteroatoms. The standard InChI is InChI=1S/C11H12O2S/c12-10(13)5-4-8-2-1-3-9-6-7-14-11(8)9/h1-3H,4-7H2,(H,12,13). The number of thioether (sulfide) groups is 1. The quantitative estimate of drug-likeness (QED) is 0.828. The SMILES string of the molecule is O=C(O)CCc1cccc2c1SCC2. The molecule has 0 saturated carbocycles. The Labute approximate surface area is 87.3 Å². The van der Waals surface area contributed by atoms with E-state index in [1.54, 1.807) is 0 Å². The van der Waals surface area contributed by atoms with Gasteiger partial charge in [0.2, 0.25) is 0 Å². The summed E-state index contributed by atoms with van der Waals surface area (Å²) in [6.45, 7) is 0. The van der Waals surface area contributed by atoms with Crippen LogP contribution in [0.2, 0.25) is 0 Å². The lowest BCUT2D eigenvalue weighted by molar-refractivity contribution is -0.136. The Bertz CT molecular complexity index is 360. The lowest BCUT2D eigenvalue weighted by atomic mass is 10.1. The number of hydrogen-bond donors (Lipinski definition) is 1. The topological polar surface area (TPSA) is 37.3 Å². The van der Waals surface area contributed by atoms with Crippen molar-refractivity contribution in [2.45, 2.75) is 24.2 Å². The maximum Gasteiger partial charge on any atom is 0.303 e. The first-order valence-corrected chi connectivity index (χ1v) is 5.71. The molecule has 0 fully saturated rings. The van der Waals surface area contributed by atoms with E-state index < -0.39 is 5.97 Å². The summed E-state index contributed by atoms with van der Waals surface area (Å²) in [5.74, 6) is 0.421. The number of hydrogen-bond acceptors (Lipinski definition) is 2. The van der Waals surface area contributed by atoms with E-state index in [0.717, 1.165) is 12.2 Å². The highest BCUT2D eigenvalue weighted by atomic mass is 32.2. The van der Waals surface area contributed by atoms with Gasteiger partial charge in [-0.2, -0.15) is 0 Å². The van der Waals surface area contributed by atoms with Gasteiger partial charge in [-0.05, 0) is 24.0 Å². The zero-order valence-corrected chi connectivity index (χ0v) is 8.64. The van der Waals surface area contributed by atoms with E-state index >= 15 is 0 Å². The van der Waals surface area contributed by atoms with Gasteiger partial charge < -0.3 is 5.11 Å². The molecule has 1 aromatic rings. The molecule has 0 aromatic heterocycles. The van der Waals surface area contributed by atoms with Crippen molar-refractivity contribution in [1.29, 1.82) is 0 Å². The van der Waals surface area contributed by atoms with E-state index in [1.165, 1.54) is 16.0 Å². The Morgan fingerprint density at radius 3 is 3.14 bits per heavy atom. The zero-order chi connectivity index (χ0) is 9.97. The minimum atomic E-state index is -0.717. The Hall–Kier alpha value is -0.960. The van der Waals surface area contributed by atoms with Crippen molar-refractivity contribution in [3.8, 4) is 0 Å². The molecule has 0 spiro atoms. The molecule has 0 bridgehead atoms. The third-order valence-corrected chi connectivity index (χ3v) is 3.63. The molecule has 1 aliphatic rings. The van der Waals surface area contributed by atoms with E-state index in [0.29, 0.717) is 6.42 Å². The molecule has 1 aliphatic heterocycles. The first kappa shape index (κ1) is 9.59. The number of aliphatic carboxylic acids is 1. The van der Waals surface area contributed by atoms with Crippen LogP contribution in [0.4, 0.5) is 0 Å². The van der Waals surface area contributed by atoms with Crippen LogP contribution in [0.3, 0.4) is 0 Å². The number of benzene rings is 1. The number of aryl methyl sites for hydroxylation is 2. The van der Waals surface area contributed by atoms with Gasteiger partial charge in [0.1, 0.15) is 0 Å². The maximum absolute atomic E-state index is 10.5. The Kier molecular flexibility index (Phi) is 2.77. The largest absolute Gasteiger partial charge is 0.481 e. The van der Waals surface area contributed by atoms with Crippen LogP contribution in [0.5, 0.6) is 0 Å². The summed E-state index contributed by atoms with van der Waals surface area (Å²) in [5, 5.41) is 8.62. The summed E-state index contributed by atoms with van der Waals surface area (Å²) in [5.41, 5.74) is 2.59. The van der Waals surface area contributed by atoms with Crippen LogP contribution in [0.25, 0.3) is 0 Å². The summed E-state index contributed by atoms with van der Waals surface area (Å²) in [6, 6.07) is 6.21. The van der Waals surface area contributed by atoms with Crippen molar-refractivity contribution in [3.63, 3.8) is 0 Å². The molecule has 0 atom stereocenters. The molecule has 2 rings (SSSR count). The first-order chi connectivity index (χ1) is 6.77. The highest BCUT2D eigenvalue weighted by Crippen LogP contribution is 2.34. The molecule has 0 radical (unpaired) electrons. The lowest BCUT2D eigenvalue weighted by Crippen LogP contribution is -1.98. The van der Waals surface area contributed by atoms with E-state index in [4.69, 9.17) is 5.11 Å². The number of rotatable bonds is 3. The summed E-state index contributed by atoms with van der Waals surface area (Å²) in [7, 11) is 0.